The summed E-state index contributed by atoms with van der Waals surface area (Å²) in [4.78, 5) is 16.1. The summed E-state index contributed by atoms with van der Waals surface area (Å²) in [7, 11) is 5.25. The Morgan fingerprint density at radius 3 is 1.47 bits per heavy atom. The van der Waals surface area contributed by atoms with Crippen LogP contribution in [0.1, 0.15) is 24.0 Å². The van der Waals surface area contributed by atoms with Gasteiger partial charge in [0.1, 0.15) is 0 Å². The zero-order valence-corrected chi connectivity index (χ0v) is 26.3. The second-order valence-corrected chi connectivity index (χ2v) is 11.9. The molecule has 4 rings (SSSR count). The van der Waals surface area contributed by atoms with E-state index in [1.165, 1.54) is 0 Å². The molecule has 2 aromatic rings. The molecule has 0 aliphatic carbocycles. The number of piperidine rings is 1. The minimum absolute atomic E-state index is 0.0829. The SMILES string of the molecule is COCOc1c(Br)cc(/C=C2\C(=O)/C(=C/c3cc(Br)c(OCOC)c(Br)c3)[C@@H]3CC[C@H]2N3C)cc1Br. The molecule has 0 N–H and O–H groups in total. The van der Waals surface area contributed by atoms with E-state index in [0.717, 1.165) is 53.0 Å². The van der Waals surface area contributed by atoms with Gasteiger partial charge in [0.05, 0.1) is 17.9 Å². The average molecular weight is 751 g/mol. The molecular weight excluding hydrogens is 726 g/mol. The summed E-state index contributed by atoms with van der Waals surface area (Å²) in [5.41, 5.74) is 3.40. The van der Waals surface area contributed by atoms with E-state index in [4.69, 9.17) is 18.9 Å². The molecule has 2 heterocycles. The van der Waals surface area contributed by atoms with E-state index in [9.17, 15) is 4.79 Å². The van der Waals surface area contributed by atoms with Crippen LogP contribution in [0.4, 0.5) is 0 Å². The zero-order valence-electron chi connectivity index (χ0n) is 19.9. The van der Waals surface area contributed by atoms with Gasteiger partial charge in [-0.1, -0.05) is 0 Å². The van der Waals surface area contributed by atoms with E-state index >= 15 is 0 Å². The van der Waals surface area contributed by atoms with Crippen LogP contribution >= 0.6 is 63.7 Å². The molecule has 2 aromatic carbocycles. The third kappa shape index (κ3) is 5.85. The van der Waals surface area contributed by atoms with E-state index in [2.05, 4.69) is 75.7 Å². The molecule has 0 unspecified atom stereocenters. The molecule has 0 amide bonds. The van der Waals surface area contributed by atoms with Gasteiger partial charge in [0.2, 0.25) is 0 Å². The van der Waals surface area contributed by atoms with Crippen molar-refractivity contribution in [2.45, 2.75) is 24.9 Å². The Morgan fingerprint density at radius 2 is 1.14 bits per heavy atom. The number of hydrogen-bond donors (Lipinski definition) is 0. The van der Waals surface area contributed by atoms with Crippen molar-refractivity contribution in [1.29, 1.82) is 0 Å². The molecule has 0 saturated carbocycles. The molecule has 0 radical (unpaired) electrons. The second kappa shape index (κ2) is 12.2. The highest BCUT2D eigenvalue weighted by atomic mass is 79.9. The highest BCUT2D eigenvalue weighted by molar-refractivity contribution is 9.11. The second-order valence-electron chi connectivity index (χ2n) is 8.53. The normalized spacial score (nSPS) is 22.0. The molecule has 2 aliphatic rings. The number of carbonyl (C=O) groups excluding carboxylic acids is 1. The van der Waals surface area contributed by atoms with Gasteiger partial charge in [-0.2, -0.15) is 0 Å². The number of benzene rings is 2. The summed E-state index contributed by atoms with van der Waals surface area (Å²) in [5.74, 6) is 1.39. The van der Waals surface area contributed by atoms with Crippen molar-refractivity contribution < 1.29 is 23.7 Å². The predicted molar refractivity (Wildman–Crippen MR) is 154 cm³/mol. The first-order chi connectivity index (χ1) is 17.2. The third-order valence-electron chi connectivity index (χ3n) is 6.27. The summed E-state index contributed by atoms with van der Waals surface area (Å²) in [6, 6.07) is 7.98. The van der Waals surface area contributed by atoms with Crippen LogP contribution in [-0.4, -0.2) is 57.6 Å². The molecule has 0 spiro atoms. The van der Waals surface area contributed by atoms with Crippen molar-refractivity contribution in [3.05, 3.63) is 64.4 Å². The van der Waals surface area contributed by atoms with Crippen molar-refractivity contribution in [3.8, 4) is 11.5 Å². The Kier molecular flexibility index (Phi) is 9.52. The molecular formula is C26H25Br4NO5. The van der Waals surface area contributed by atoms with Gasteiger partial charge in [-0.15, -0.1) is 0 Å². The highest BCUT2D eigenvalue weighted by Gasteiger charge is 2.44. The largest absolute Gasteiger partial charge is 0.465 e. The Hall–Kier alpha value is -1.01. The summed E-state index contributed by atoms with van der Waals surface area (Å²) in [6.45, 7) is 0.286. The molecule has 10 heteroatoms. The van der Waals surface area contributed by atoms with Crippen LogP contribution in [0.3, 0.4) is 0 Å². The summed E-state index contributed by atoms with van der Waals surface area (Å²) >= 11 is 14.3. The number of Topliss-reactive ketones (excluding diaryl/α,β-unsaturated/α-hetero) is 1. The fraction of sp³-hybridized carbons (Fsp3) is 0.346. The van der Waals surface area contributed by atoms with Crippen LogP contribution in [-0.2, 0) is 14.3 Å². The maximum Gasteiger partial charge on any atom is 0.188 e. The number of fused-ring (bicyclic) bond motifs is 2. The summed E-state index contributed by atoms with van der Waals surface area (Å²) < 4.78 is 24.4. The number of methoxy groups -OCH3 is 2. The number of rotatable bonds is 8. The van der Waals surface area contributed by atoms with E-state index < -0.39 is 0 Å². The fourth-order valence-corrected chi connectivity index (χ4v) is 7.58. The van der Waals surface area contributed by atoms with Gasteiger partial charge in [0.25, 0.3) is 0 Å². The molecule has 2 fully saturated rings. The van der Waals surface area contributed by atoms with Gasteiger partial charge >= 0.3 is 0 Å². The molecule has 2 bridgehead atoms. The smallest absolute Gasteiger partial charge is 0.188 e. The molecule has 36 heavy (non-hydrogen) atoms. The number of nitrogens with zero attached hydrogens (tertiary/aromatic N) is 1. The Bertz CT molecular complexity index is 1090. The number of likely N-dealkylation sites (N-methyl/N-ethyl adjacent to an activating group) is 1. The van der Waals surface area contributed by atoms with Gasteiger partial charge in [-0.25, -0.2) is 0 Å². The highest BCUT2D eigenvalue weighted by Crippen LogP contribution is 2.42. The van der Waals surface area contributed by atoms with E-state index in [0.29, 0.717) is 11.5 Å². The lowest BCUT2D eigenvalue weighted by atomic mass is 9.88. The van der Waals surface area contributed by atoms with E-state index in [1.54, 1.807) is 14.2 Å². The third-order valence-corrected chi connectivity index (χ3v) is 8.62. The lowest BCUT2D eigenvalue weighted by Gasteiger charge is -2.34. The molecule has 2 saturated heterocycles. The monoisotopic (exact) mass is 747 g/mol. The quantitative estimate of drug-likeness (QED) is 0.210. The Morgan fingerprint density at radius 1 is 0.778 bits per heavy atom. The topological polar surface area (TPSA) is 57.2 Å². The summed E-state index contributed by atoms with van der Waals surface area (Å²) in [5, 5.41) is 0. The predicted octanol–water partition coefficient (Wildman–Crippen LogP) is 7.21. The molecule has 2 aliphatic heterocycles. The van der Waals surface area contributed by atoms with Crippen LogP contribution in [0.15, 0.2) is 53.3 Å². The standard InChI is InChI=1S/C26H25Br4NO5/c1-31-22-4-5-23(31)17(7-15-10-20(29)26(21(30)11-15)36-13-34-3)24(32)16(22)6-14-8-18(27)25(19(28)9-14)35-12-33-2/h6-11,22-23H,4-5,12-13H2,1-3H3/b16-6-,17-7+/t22-,23+/m1/s1. The van der Waals surface area contributed by atoms with Crippen molar-refractivity contribution in [2.24, 2.45) is 0 Å². The average Bonchev–Trinajstić information content (AvgIpc) is 3.13. The van der Waals surface area contributed by atoms with Crippen LogP contribution in [0.5, 0.6) is 11.5 Å². The number of ketones is 1. The first-order valence-electron chi connectivity index (χ1n) is 11.2. The van der Waals surface area contributed by atoms with Gasteiger partial charge in [0.15, 0.2) is 30.9 Å². The van der Waals surface area contributed by atoms with Crippen molar-refractivity contribution in [1.82, 2.24) is 4.90 Å². The van der Waals surface area contributed by atoms with Crippen LogP contribution in [0.2, 0.25) is 0 Å². The Labute approximate surface area is 244 Å². The number of halogens is 4. The molecule has 192 valence electrons. The summed E-state index contributed by atoms with van der Waals surface area (Å²) in [6.07, 6.45) is 5.85. The van der Waals surface area contributed by atoms with Gasteiger partial charge in [-0.05, 0) is 131 Å². The number of ether oxygens (including phenoxy) is 4. The van der Waals surface area contributed by atoms with Gasteiger partial charge < -0.3 is 18.9 Å². The van der Waals surface area contributed by atoms with E-state index in [-0.39, 0.29) is 31.5 Å². The number of carbonyl (C=O) groups is 1. The number of hydrogen-bond acceptors (Lipinski definition) is 6. The maximum absolute atomic E-state index is 13.8. The van der Waals surface area contributed by atoms with Crippen LogP contribution in [0.25, 0.3) is 12.2 Å². The van der Waals surface area contributed by atoms with Crippen LogP contribution < -0.4 is 9.47 Å². The first kappa shape index (κ1) is 28.0. The zero-order chi connectivity index (χ0) is 26.0. The first-order valence-corrected chi connectivity index (χ1v) is 14.3. The maximum atomic E-state index is 13.8. The lowest BCUT2D eigenvalue weighted by Crippen LogP contribution is -2.43. The Balaban J connectivity index is 1.70. The molecule has 0 aromatic heterocycles. The van der Waals surface area contributed by atoms with Crippen molar-refractivity contribution in [3.63, 3.8) is 0 Å². The van der Waals surface area contributed by atoms with E-state index in [1.807, 2.05) is 36.4 Å². The van der Waals surface area contributed by atoms with Gasteiger partial charge in [-0.3, -0.25) is 9.69 Å². The van der Waals surface area contributed by atoms with Crippen LogP contribution in [0, 0.1) is 0 Å². The fourth-order valence-electron chi connectivity index (χ4n) is 4.68. The van der Waals surface area contributed by atoms with Crippen molar-refractivity contribution >= 4 is 81.7 Å². The molecule has 2 atom stereocenters. The lowest BCUT2D eigenvalue weighted by molar-refractivity contribution is -0.114. The minimum atomic E-state index is 0.0829. The van der Waals surface area contributed by atoms with Crippen molar-refractivity contribution in [2.75, 3.05) is 34.9 Å². The van der Waals surface area contributed by atoms with Gasteiger partial charge in [0, 0.05) is 37.4 Å². The molecule has 6 nitrogen and oxygen atoms in total. The minimum Gasteiger partial charge on any atom is -0.465 e.